The van der Waals surface area contributed by atoms with Gasteiger partial charge in [-0.05, 0) is 38.2 Å². The summed E-state index contributed by atoms with van der Waals surface area (Å²) in [7, 11) is -1.28. The molecule has 0 radical (unpaired) electrons. The first-order chi connectivity index (χ1) is 5.62. The molecular weight excluding hydrogens is 184 g/mol. The summed E-state index contributed by atoms with van der Waals surface area (Å²) in [5, 5.41) is 0. The summed E-state index contributed by atoms with van der Waals surface area (Å²) in [5.74, 6) is 1.02. The summed E-state index contributed by atoms with van der Waals surface area (Å²) in [6.45, 7) is 7.57. The Labute approximate surface area is 83.4 Å². The lowest BCUT2D eigenvalue weighted by molar-refractivity contribution is 0.327. The van der Waals surface area contributed by atoms with Gasteiger partial charge < -0.3 is 4.43 Å². The van der Waals surface area contributed by atoms with E-state index in [4.69, 9.17) is 4.43 Å². The molecule has 0 saturated heterocycles. The zero-order valence-electron chi connectivity index (χ0n) is 8.60. The molecule has 0 unspecified atom stereocenters. The molecule has 0 aromatic heterocycles. The van der Waals surface area contributed by atoms with Crippen LogP contribution in [0.2, 0.25) is 19.1 Å². The van der Waals surface area contributed by atoms with Crippen LogP contribution in [0, 0.1) is 0 Å². The zero-order valence-corrected chi connectivity index (χ0v) is 10.5. The van der Waals surface area contributed by atoms with Crippen LogP contribution >= 0.6 is 12.6 Å². The highest BCUT2D eigenvalue weighted by Gasteiger charge is 2.20. The van der Waals surface area contributed by atoms with E-state index in [1.807, 2.05) is 0 Å². The Morgan fingerprint density at radius 3 is 2.33 bits per heavy atom. The molecule has 0 spiro atoms. The second-order valence-corrected chi connectivity index (χ2v) is 8.48. The zero-order chi connectivity index (χ0) is 9.45. The summed E-state index contributed by atoms with van der Waals surface area (Å²) in [4.78, 5) is 0. The SMILES string of the molecule is CCO[Si](C)(C)CCCCCS. The van der Waals surface area contributed by atoms with Gasteiger partial charge in [-0.15, -0.1) is 0 Å². The molecule has 3 heteroatoms. The van der Waals surface area contributed by atoms with E-state index in [0.717, 1.165) is 12.4 Å². The predicted octanol–water partition coefficient (Wildman–Crippen LogP) is 3.33. The second-order valence-electron chi connectivity index (χ2n) is 3.73. The Kier molecular flexibility index (Phi) is 7.29. The van der Waals surface area contributed by atoms with Crippen molar-refractivity contribution in [2.24, 2.45) is 0 Å². The van der Waals surface area contributed by atoms with Crippen LogP contribution < -0.4 is 0 Å². The van der Waals surface area contributed by atoms with Crippen LogP contribution in [-0.4, -0.2) is 20.7 Å². The van der Waals surface area contributed by atoms with Crippen molar-refractivity contribution in [3.05, 3.63) is 0 Å². The maximum absolute atomic E-state index is 5.73. The number of hydrogen-bond acceptors (Lipinski definition) is 2. The van der Waals surface area contributed by atoms with Gasteiger partial charge in [0.25, 0.3) is 0 Å². The Bertz CT molecular complexity index is 107. The molecule has 0 atom stereocenters. The number of rotatable bonds is 7. The second kappa shape index (κ2) is 6.98. The molecule has 0 aliphatic rings. The molecule has 0 heterocycles. The molecule has 0 aliphatic heterocycles. The third-order valence-electron chi connectivity index (χ3n) is 1.97. The van der Waals surface area contributed by atoms with E-state index in [9.17, 15) is 0 Å². The van der Waals surface area contributed by atoms with Crippen LogP contribution in [0.3, 0.4) is 0 Å². The monoisotopic (exact) mass is 206 g/mol. The third-order valence-corrected chi connectivity index (χ3v) is 4.92. The van der Waals surface area contributed by atoms with Crippen LogP contribution in [0.4, 0.5) is 0 Å². The molecule has 12 heavy (non-hydrogen) atoms. The third kappa shape index (κ3) is 7.19. The van der Waals surface area contributed by atoms with E-state index >= 15 is 0 Å². The van der Waals surface area contributed by atoms with Crippen LogP contribution in [0.5, 0.6) is 0 Å². The molecule has 74 valence electrons. The van der Waals surface area contributed by atoms with Gasteiger partial charge in [0.15, 0.2) is 8.32 Å². The summed E-state index contributed by atoms with van der Waals surface area (Å²) >= 11 is 4.19. The van der Waals surface area contributed by atoms with Gasteiger partial charge in [-0.25, -0.2) is 0 Å². The molecular formula is C9H22OSSi. The molecule has 1 nitrogen and oxygen atoms in total. The molecule has 0 N–H and O–H groups in total. The van der Waals surface area contributed by atoms with Crippen molar-refractivity contribution < 1.29 is 4.43 Å². The lowest BCUT2D eigenvalue weighted by Crippen LogP contribution is -2.29. The van der Waals surface area contributed by atoms with E-state index in [2.05, 4.69) is 32.6 Å². The Hall–Kier alpha value is 0.527. The van der Waals surface area contributed by atoms with Crippen molar-refractivity contribution >= 4 is 20.9 Å². The average Bonchev–Trinajstić information content (AvgIpc) is 1.98. The fourth-order valence-electron chi connectivity index (χ4n) is 1.30. The molecule has 0 amide bonds. The van der Waals surface area contributed by atoms with Gasteiger partial charge in [0, 0.05) is 6.61 Å². The fourth-order valence-corrected chi connectivity index (χ4v) is 3.55. The fraction of sp³-hybridized carbons (Fsp3) is 1.00. The van der Waals surface area contributed by atoms with E-state index in [0.29, 0.717) is 0 Å². The van der Waals surface area contributed by atoms with Crippen molar-refractivity contribution in [1.29, 1.82) is 0 Å². The van der Waals surface area contributed by atoms with Crippen molar-refractivity contribution in [2.45, 2.75) is 45.3 Å². The van der Waals surface area contributed by atoms with Crippen LogP contribution in [0.1, 0.15) is 26.2 Å². The summed E-state index contributed by atoms with van der Waals surface area (Å²) in [6.07, 6.45) is 3.88. The van der Waals surface area contributed by atoms with Gasteiger partial charge in [-0.3, -0.25) is 0 Å². The van der Waals surface area contributed by atoms with Crippen molar-refractivity contribution in [1.82, 2.24) is 0 Å². The maximum atomic E-state index is 5.73. The predicted molar refractivity (Wildman–Crippen MR) is 61.6 cm³/mol. The first-order valence-corrected chi connectivity index (χ1v) is 8.62. The van der Waals surface area contributed by atoms with Gasteiger partial charge in [0.05, 0.1) is 0 Å². The van der Waals surface area contributed by atoms with E-state index in [1.54, 1.807) is 0 Å². The highest BCUT2D eigenvalue weighted by Crippen LogP contribution is 2.15. The molecule has 0 aromatic rings. The average molecular weight is 206 g/mol. The summed E-state index contributed by atoms with van der Waals surface area (Å²) in [5.41, 5.74) is 0. The molecule has 0 bridgehead atoms. The first-order valence-electron chi connectivity index (χ1n) is 4.87. The number of unbranched alkanes of at least 4 members (excludes halogenated alkanes) is 2. The summed E-state index contributed by atoms with van der Waals surface area (Å²) in [6, 6.07) is 1.30. The standard InChI is InChI=1S/C9H22OSSi/c1-4-10-12(2,3)9-7-5-6-8-11/h11H,4-9H2,1-3H3. The minimum Gasteiger partial charge on any atom is -0.418 e. The van der Waals surface area contributed by atoms with Crippen molar-refractivity contribution in [3.8, 4) is 0 Å². The Morgan fingerprint density at radius 2 is 1.83 bits per heavy atom. The topological polar surface area (TPSA) is 9.23 Å². The van der Waals surface area contributed by atoms with E-state index in [-0.39, 0.29) is 0 Å². The lowest BCUT2D eigenvalue weighted by atomic mass is 10.3. The van der Waals surface area contributed by atoms with Crippen molar-refractivity contribution in [2.75, 3.05) is 12.4 Å². The molecule has 0 saturated carbocycles. The van der Waals surface area contributed by atoms with Gasteiger partial charge >= 0.3 is 0 Å². The first kappa shape index (κ1) is 12.5. The van der Waals surface area contributed by atoms with Crippen molar-refractivity contribution in [3.63, 3.8) is 0 Å². The minimum absolute atomic E-state index is 0.881. The molecule has 0 aliphatic carbocycles. The molecule has 0 aromatic carbocycles. The number of thiol groups is 1. The Morgan fingerprint density at radius 1 is 1.17 bits per heavy atom. The van der Waals surface area contributed by atoms with E-state index < -0.39 is 8.32 Å². The highest BCUT2D eigenvalue weighted by atomic mass is 32.1. The van der Waals surface area contributed by atoms with Gasteiger partial charge in [-0.2, -0.15) is 12.6 Å². The smallest absolute Gasteiger partial charge is 0.186 e. The highest BCUT2D eigenvalue weighted by molar-refractivity contribution is 7.80. The van der Waals surface area contributed by atoms with E-state index in [1.165, 1.54) is 25.3 Å². The summed E-state index contributed by atoms with van der Waals surface area (Å²) < 4.78 is 5.73. The van der Waals surface area contributed by atoms with Gasteiger partial charge in [0.2, 0.25) is 0 Å². The Balaban J connectivity index is 3.33. The van der Waals surface area contributed by atoms with Crippen LogP contribution in [-0.2, 0) is 4.43 Å². The minimum atomic E-state index is -1.28. The molecule has 0 rings (SSSR count). The quantitative estimate of drug-likeness (QED) is 0.382. The maximum Gasteiger partial charge on any atom is 0.186 e. The largest absolute Gasteiger partial charge is 0.418 e. The van der Waals surface area contributed by atoms with Crippen LogP contribution in [0.25, 0.3) is 0 Å². The normalized spacial score (nSPS) is 12.0. The lowest BCUT2D eigenvalue weighted by Gasteiger charge is -2.21. The number of hydrogen-bond donors (Lipinski definition) is 1. The van der Waals surface area contributed by atoms with Gasteiger partial charge in [-0.1, -0.05) is 12.8 Å². The van der Waals surface area contributed by atoms with Crippen LogP contribution in [0.15, 0.2) is 0 Å². The molecule has 0 fully saturated rings. The van der Waals surface area contributed by atoms with Gasteiger partial charge in [0.1, 0.15) is 0 Å².